The third kappa shape index (κ3) is 51.3. The fraction of sp³-hybridized carbons (Fsp3) is 0.179. The number of rotatable bonds is 26. The molecule has 708 valence electrons. The summed E-state index contributed by atoms with van der Waals surface area (Å²) in [6.07, 6.45) is 0.0752. The fourth-order valence-corrected chi connectivity index (χ4v) is 24.6. The summed E-state index contributed by atoms with van der Waals surface area (Å²) in [6, 6.07) is 41.5. The number of ether oxygens (including phenoxy) is 6. The Morgan fingerprint density at radius 3 is 1.20 bits per heavy atom. The molecule has 0 saturated heterocycles. The van der Waals surface area contributed by atoms with E-state index in [0.29, 0.717) is 51.9 Å². The maximum Gasteiger partial charge on any atom is 0.414 e. The number of aryl methyl sites for hydroxylation is 1. The number of benzene rings is 9. The molecule has 0 atom stereocenters. The smallest absolute Gasteiger partial charge is 0.414 e. The molecule has 0 aliphatic rings. The predicted octanol–water partition coefficient (Wildman–Crippen LogP) is 14.8. The quantitative estimate of drug-likeness (QED) is 0.0167. The van der Waals surface area contributed by atoms with E-state index in [2.05, 4.69) is 344 Å². The molecule has 30 nitrogen and oxygen atoms in total. The first-order valence-corrected chi connectivity index (χ1v) is 55.1. The molecule has 0 aromatic heterocycles. The summed E-state index contributed by atoms with van der Waals surface area (Å²) in [6.45, 7) is 8.08. The lowest BCUT2D eigenvalue weighted by molar-refractivity contribution is -0.310. The van der Waals surface area contributed by atoms with Crippen LogP contribution in [-0.4, -0.2) is 117 Å². The third-order valence-electron chi connectivity index (χ3n) is 14.6. The van der Waals surface area contributed by atoms with Crippen molar-refractivity contribution in [1.29, 1.82) is 0 Å². The topological polar surface area (TPSA) is 489 Å². The number of anilines is 3. The number of carboxylic acid groups (broad SMARTS) is 8. The van der Waals surface area contributed by atoms with Gasteiger partial charge in [0.1, 0.15) is 25.4 Å². The molecule has 0 radical (unpaired) electrons. The van der Waals surface area contributed by atoms with Gasteiger partial charge >= 0.3 is 30.2 Å². The van der Waals surface area contributed by atoms with Gasteiger partial charge in [-0.05, 0) is 571 Å². The molecule has 0 unspecified atom stereocenters. The number of hydrogen-bond donors (Lipinski definition) is 2. The SMILES string of the molecule is C=CCOC(=O)Nc1ccc(C(=O)[O-])cc1I.CN(C(=O)OC(C)(C)C)c1ccc(C(=O)[O-])cc1I.O=C(Nc1ccc(C(=O)[O-])cc1I)OCc1ccccc1.O=C([O-])CCOC(=O)c1cc(I)cc(I)c1I.O=C([O-])CCc1cc(I)cc(I)c1I.O=C([O-])COC(=O)c1cc(I)cc(I)c1I.O=C([O-])COCc1c(I)cc(I)cc1I.O=C([O-])Cc1cc(I)cc(I)c1I. The highest BCUT2D eigenvalue weighted by atomic mass is 127. The van der Waals surface area contributed by atoms with E-state index in [1.807, 2.05) is 163 Å². The van der Waals surface area contributed by atoms with Crippen molar-refractivity contribution in [3.8, 4) is 0 Å². The normalized spacial score (nSPS) is 10.1. The van der Waals surface area contributed by atoms with E-state index in [1.165, 1.54) is 63.1 Å². The van der Waals surface area contributed by atoms with E-state index < -0.39 is 90.2 Å². The molecular weight excluding hydrogens is 3770 g/mol. The van der Waals surface area contributed by atoms with Gasteiger partial charge in [-0.3, -0.25) is 15.5 Å². The summed E-state index contributed by atoms with van der Waals surface area (Å²) in [5.74, 6) is -10.8. The van der Waals surface area contributed by atoms with Crippen LogP contribution in [0.25, 0.3) is 0 Å². The van der Waals surface area contributed by atoms with Crippen LogP contribution in [0.3, 0.4) is 0 Å². The Kier molecular flexibility index (Phi) is 63.4. The summed E-state index contributed by atoms with van der Waals surface area (Å²) in [5, 5.41) is 88.4. The zero-order valence-electron chi connectivity index (χ0n) is 67.5. The molecule has 0 fully saturated rings. The molecule has 0 saturated carbocycles. The van der Waals surface area contributed by atoms with E-state index in [4.69, 9.17) is 23.7 Å². The number of nitrogens with zero attached hydrogens (tertiary/aromatic N) is 1. The number of nitrogens with one attached hydrogen (secondary N) is 2. The molecule has 0 bridgehead atoms. The van der Waals surface area contributed by atoms with Crippen LogP contribution in [0.15, 0.2) is 158 Å². The summed E-state index contributed by atoms with van der Waals surface area (Å²) >= 11 is 38.2. The molecule has 0 aliphatic heterocycles. The van der Waals surface area contributed by atoms with Crippen LogP contribution in [0.5, 0.6) is 0 Å². The lowest BCUT2D eigenvalue weighted by atomic mass is 10.1. The molecule has 0 aliphatic carbocycles. The molecular formula is C84H61I18N3O27-8. The van der Waals surface area contributed by atoms with E-state index in [9.17, 15) is 103 Å². The van der Waals surface area contributed by atoms with Gasteiger partial charge in [-0.15, -0.1) is 0 Å². The van der Waals surface area contributed by atoms with Crippen LogP contribution < -0.4 is 56.4 Å². The second kappa shape index (κ2) is 66.2. The number of amides is 3. The van der Waals surface area contributed by atoms with Crippen LogP contribution >= 0.6 is 407 Å². The second-order valence-electron chi connectivity index (χ2n) is 25.7. The number of aliphatic carboxylic acids is 5. The van der Waals surface area contributed by atoms with Crippen molar-refractivity contribution in [3.63, 3.8) is 0 Å². The molecule has 9 rings (SSSR count). The second-order valence-corrected chi connectivity index (χ2v) is 46.7. The number of carbonyl (C=O) groups excluding carboxylic acids is 13. The number of aromatic carboxylic acids is 3. The molecule has 132 heavy (non-hydrogen) atoms. The van der Waals surface area contributed by atoms with Crippen LogP contribution in [0, 0.1) is 64.3 Å². The maximum absolute atomic E-state index is 11.9. The van der Waals surface area contributed by atoms with Gasteiger partial charge in [0.05, 0.1) is 77.9 Å². The van der Waals surface area contributed by atoms with Crippen molar-refractivity contribution in [3.05, 3.63) is 273 Å². The van der Waals surface area contributed by atoms with E-state index in [0.717, 1.165) is 72.2 Å². The first-order valence-electron chi connectivity index (χ1n) is 35.7. The molecule has 9 aromatic rings. The van der Waals surface area contributed by atoms with Gasteiger partial charge in [0.15, 0.2) is 0 Å². The summed E-state index contributed by atoms with van der Waals surface area (Å²) < 4.78 is 46.5. The number of carboxylic acids is 8. The van der Waals surface area contributed by atoms with Crippen molar-refractivity contribution < 1.29 is 132 Å². The van der Waals surface area contributed by atoms with Gasteiger partial charge in [-0.2, -0.15) is 0 Å². The van der Waals surface area contributed by atoms with Gasteiger partial charge in [0.25, 0.3) is 0 Å². The van der Waals surface area contributed by atoms with Crippen molar-refractivity contribution >= 4 is 502 Å². The average Bonchev–Trinajstić information content (AvgIpc) is 0.853. The van der Waals surface area contributed by atoms with Crippen LogP contribution in [0.1, 0.15) is 108 Å². The summed E-state index contributed by atoms with van der Waals surface area (Å²) in [5.41, 5.74) is 5.81. The molecule has 9 aromatic carbocycles. The zero-order valence-corrected chi connectivity index (χ0v) is 106. The van der Waals surface area contributed by atoms with Crippen LogP contribution in [-0.2, 0) is 78.4 Å². The Bertz CT molecular complexity index is 5630. The van der Waals surface area contributed by atoms with Gasteiger partial charge in [-0.25, -0.2) is 24.0 Å². The van der Waals surface area contributed by atoms with Crippen molar-refractivity contribution in [1.82, 2.24) is 0 Å². The van der Waals surface area contributed by atoms with Gasteiger partial charge in [0.2, 0.25) is 0 Å². The van der Waals surface area contributed by atoms with E-state index in [1.54, 1.807) is 46.0 Å². The van der Waals surface area contributed by atoms with E-state index >= 15 is 0 Å². The first-order chi connectivity index (χ1) is 61.6. The van der Waals surface area contributed by atoms with Gasteiger partial charge < -0.3 is 108 Å². The van der Waals surface area contributed by atoms with Crippen molar-refractivity contribution in [2.45, 2.75) is 65.3 Å². The first kappa shape index (κ1) is 126. The Hall–Kier alpha value is -1.67. The Morgan fingerprint density at radius 2 is 0.788 bits per heavy atom. The maximum atomic E-state index is 11.9. The monoisotopic (exact) mass is 3830 g/mol. The van der Waals surface area contributed by atoms with Crippen molar-refractivity contribution in [2.75, 3.05) is 49.0 Å². The Labute approximate surface area is 1000 Å². The highest BCUT2D eigenvalue weighted by molar-refractivity contribution is 14.1. The Balaban J connectivity index is 0.000000513. The summed E-state index contributed by atoms with van der Waals surface area (Å²) in [7, 11) is 1.57. The molecule has 48 heteroatoms. The molecule has 0 heterocycles. The number of esters is 2. The highest BCUT2D eigenvalue weighted by Crippen LogP contribution is 2.31. The molecule has 3 amide bonds. The van der Waals surface area contributed by atoms with Gasteiger partial charge in [-0.1, -0.05) is 61.2 Å². The molecule has 0 spiro atoms. The fourth-order valence-electron chi connectivity index (χ4n) is 8.76. The minimum absolute atomic E-state index is 0.00881. The largest absolute Gasteiger partial charge is 0.550 e. The summed E-state index contributed by atoms with van der Waals surface area (Å²) in [4.78, 5) is 143. The highest BCUT2D eigenvalue weighted by Gasteiger charge is 2.23. The van der Waals surface area contributed by atoms with Crippen molar-refractivity contribution in [2.24, 2.45) is 0 Å². The lowest BCUT2D eigenvalue weighted by Gasteiger charge is -2.25. The third-order valence-corrected chi connectivity index (χ3v) is 34.7. The van der Waals surface area contributed by atoms with Crippen LogP contribution in [0.2, 0.25) is 0 Å². The zero-order chi connectivity index (χ0) is 100. The minimum atomic E-state index is -1.41. The number of hydrogen-bond acceptors (Lipinski definition) is 27. The number of carbonyl (C=O) groups is 13. The van der Waals surface area contributed by atoms with Gasteiger partial charge in [0, 0.05) is 108 Å². The average molecular weight is 3830 g/mol. The lowest BCUT2D eigenvalue weighted by Crippen LogP contribution is -2.34. The molecule has 2 N–H and O–H groups in total. The minimum Gasteiger partial charge on any atom is -0.550 e. The van der Waals surface area contributed by atoms with E-state index in [-0.39, 0.29) is 62.4 Å². The Morgan fingerprint density at radius 1 is 0.394 bits per heavy atom. The number of halogens is 18. The standard InChI is InChI=1S/C15H12INO4.C13H16INO4.C11H10INO4.C10H7I3O4.C9H5I3O4.C9H7I3O3.C9H7I3O2.C8H5I3O2/c16-12-8-11(14(18)19)6-7-13(12)17-15(20)21-9-10-4-2-1-3-5-10;1-13(2,3)19-12(18)15(4)10-6-5-8(11(16)17)7-9(10)14;1-2-5-17-11(16)13-9-4-3-7(10(14)15)6-8(9)12;11-5-3-6(9(13)7(12)4-5)10(16)17-2-1-8(14)15;10-4-1-5(8(12)6(11)2-4)9(15)16-3-7(13)14;10-5-1-7(11)6(8(12)2-5)3-15-4-9(13)14;10-6-3-5(1-2-8(13)14)9(12)7(11)4-6;9-5-1-4(2-7(12)13)8(11)6(10)3-5/h1-8H,9H2,(H,17,20)(H,18,19);5-7H,1-4H3,(H,16,17);2-4,6H,1,5H2,(H,13,16)(H,14,15);3-4H,1-2H2,(H,14,15);1-2H,3H2,(H,13,14);1-2H,3-4H2,(H,13,14);3-4H,1-2H2,(H,13,14);1,3H,2H2,(H,12,13)/p-8. The predicted molar refractivity (Wildman–Crippen MR) is 625 cm³/mol. The van der Waals surface area contributed by atoms with Crippen LogP contribution in [0.4, 0.5) is 31.4 Å².